The molecule has 1 heterocycles. The fourth-order valence-corrected chi connectivity index (χ4v) is 2.31. The average molecular weight is 146 g/mol. The van der Waals surface area contributed by atoms with E-state index in [0.29, 0.717) is 0 Å². The number of rotatable bonds is 0. The van der Waals surface area contributed by atoms with Gasteiger partial charge in [0.25, 0.3) is 0 Å². The highest BCUT2D eigenvalue weighted by molar-refractivity contribution is 8.14. The van der Waals surface area contributed by atoms with E-state index in [4.69, 9.17) is 0 Å². The SMILES string of the molecule is CC1=CCC(C)(S)S1. The third-order valence-electron chi connectivity index (χ3n) is 1.15. The molecule has 0 nitrogen and oxygen atoms in total. The summed E-state index contributed by atoms with van der Waals surface area (Å²) in [5.41, 5.74) is 0. The van der Waals surface area contributed by atoms with Gasteiger partial charge in [-0.15, -0.1) is 11.8 Å². The van der Waals surface area contributed by atoms with Gasteiger partial charge in [0, 0.05) is 0 Å². The molecule has 0 saturated heterocycles. The van der Waals surface area contributed by atoms with E-state index in [1.54, 1.807) is 0 Å². The second kappa shape index (κ2) is 1.99. The molecular formula is C6H10S2. The molecule has 1 aliphatic heterocycles. The third-order valence-corrected chi connectivity index (χ3v) is 2.70. The lowest BCUT2D eigenvalue weighted by atomic mass is 10.3. The van der Waals surface area contributed by atoms with Crippen LogP contribution in [-0.4, -0.2) is 4.08 Å². The lowest BCUT2D eigenvalue weighted by molar-refractivity contribution is 0.938. The van der Waals surface area contributed by atoms with Crippen LogP contribution in [0.4, 0.5) is 0 Å². The number of hydrogen-bond donors (Lipinski definition) is 1. The fourth-order valence-electron chi connectivity index (χ4n) is 0.763. The van der Waals surface area contributed by atoms with Gasteiger partial charge >= 0.3 is 0 Å². The molecule has 0 aromatic rings. The van der Waals surface area contributed by atoms with Crippen molar-refractivity contribution < 1.29 is 0 Å². The van der Waals surface area contributed by atoms with Crippen LogP contribution in [0.25, 0.3) is 0 Å². The van der Waals surface area contributed by atoms with Crippen molar-refractivity contribution in [2.45, 2.75) is 24.3 Å². The van der Waals surface area contributed by atoms with Gasteiger partial charge in [0.1, 0.15) is 0 Å². The number of allylic oxidation sites excluding steroid dienone is 2. The summed E-state index contributed by atoms with van der Waals surface area (Å²) in [6.45, 7) is 4.28. The Morgan fingerprint density at radius 1 is 1.88 bits per heavy atom. The molecular weight excluding hydrogens is 136 g/mol. The van der Waals surface area contributed by atoms with Crippen LogP contribution in [0, 0.1) is 0 Å². The van der Waals surface area contributed by atoms with E-state index in [-0.39, 0.29) is 4.08 Å². The zero-order valence-electron chi connectivity index (χ0n) is 5.14. The second-order valence-corrected chi connectivity index (χ2v) is 5.33. The lowest BCUT2D eigenvalue weighted by Gasteiger charge is -2.13. The van der Waals surface area contributed by atoms with Crippen LogP contribution in [-0.2, 0) is 0 Å². The molecule has 0 aromatic heterocycles. The number of thiol groups is 1. The predicted molar refractivity (Wildman–Crippen MR) is 43.4 cm³/mol. The summed E-state index contributed by atoms with van der Waals surface area (Å²) in [6.07, 6.45) is 3.34. The highest BCUT2D eigenvalue weighted by Crippen LogP contribution is 2.43. The summed E-state index contributed by atoms with van der Waals surface area (Å²) >= 11 is 6.27. The normalized spacial score (nSPS) is 37.6. The largest absolute Gasteiger partial charge is 0.161 e. The Morgan fingerprint density at radius 2 is 2.50 bits per heavy atom. The Hall–Kier alpha value is 0.440. The van der Waals surface area contributed by atoms with Gasteiger partial charge in [-0.2, -0.15) is 12.6 Å². The number of thioether (sulfide) groups is 1. The highest BCUT2D eigenvalue weighted by Gasteiger charge is 2.23. The van der Waals surface area contributed by atoms with Gasteiger partial charge in [-0.3, -0.25) is 0 Å². The molecule has 2 heteroatoms. The molecule has 0 amide bonds. The minimum atomic E-state index is 0.185. The lowest BCUT2D eigenvalue weighted by Crippen LogP contribution is -2.03. The van der Waals surface area contributed by atoms with Crippen molar-refractivity contribution in [2.75, 3.05) is 0 Å². The van der Waals surface area contributed by atoms with Gasteiger partial charge in [0.05, 0.1) is 4.08 Å². The monoisotopic (exact) mass is 146 g/mol. The maximum Gasteiger partial charge on any atom is 0.0631 e. The van der Waals surface area contributed by atoms with Crippen molar-refractivity contribution in [2.24, 2.45) is 0 Å². The molecule has 0 N–H and O–H groups in total. The van der Waals surface area contributed by atoms with Gasteiger partial charge < -0.3 is 0 Å². The van der Waals surface area contributed by atoms with Gasteiger partial charge in [0.15, 0.2) is 0 Å². The Balaban J connectivity index is 2.55. The smallest absolute Gasteiger partial charge is 0.0631 e. The molecule has 0 radical (unpaired) electrons. The van der Waals surface area contributed by atoms with Gasteiger partial charge in [0.2, 0.25) is 0 Å². The van der Waals surface area contributed by atoms with Crippen LogP contribution < -0.4 is 0 Å². The van der Waals surface area contributed by atoms with Crippen molar-refractivity contribution in [3.8, 4) is 0 Å². The molecule has 0 bridgehead atoms. The summed E-state index contributed by atoms with van der Waals surface area (Å²) in [5, 5.41) is 0. The zero-order valence-corrected chi connectivity index (χ0v) is 6.85. The first kappa shape index (κ1) is 6.56. The summed E-state index contributed by atoms with van der Waals surface area (Å²) in [4.78, 5) is 1.41. The van der Waals surface area contributed by atoms with Crippen LogP contribution in [0.3, 0.4) is 0 Å². The summed E-state index contributed by atoms with van der Waals surface area (Å²) in [7, 11) is 0. The maximum atomic E-state index is 4.42. The minimum absolute atomic E-state index is 0.185. The minimum Gasteiger partial charge on any atom is -0.161 e. The van der Waals surface area contributed by atoms with Crippen LogP contribution in [0.2, 0.25) is 0 Å². The highest BCUT2D eigenvalue weighted by atomic mass is 32.2. The Morgan fingerprint density at radius 3 is 2.62 bits per heavy atom. The molecule has 1 atom stereocenters. The maximum absolute atomic E-state index is 4.42. The summed E-state index contributed by atoms with van der Waals surface area (Å²) < 4.78 is 0.185. The van der Waals surface area contributed by atoms with Gasteiger partial charge in [-0.25, -0.2) is 0 Å². The van der Waals surface area contributed by atoms with Crippen molar-refractivity contribution in [1.82, 2.24) is 0 Å². The zero-order chi connectivity index (χ0) is 6.20. The predicted octanol–water partition coefficient (Wildman–Crippen LogP) is 2.67. The van der Waals surface area contributed by atoms with E-state index in [0.717, 1.165) is 6.42 Å². The molecule has 1 unspecified atom stereocenters. The molecule has 0 fully saturated rings. The third kappa shape index (κ3) is 1.46. The van der Waals surface area contributed by atoms with E-state index < -0.39 is 0 Å². The van der Waals surface area contributed by atoms with Gasteiger partial charge in [-0.1, -0.05) is 6.08 Å². The molecule has 1 rings (SSSR count). The van der Waals surface area contributed by atoms with E-state index in [9.17, 15) is 0 Å². The molecule has 1 aliphatic rings. The van der Waals surface area contributed by atoms with Crippen molar-refractivity contribution >= 4 is 24.4 Å². The van der Waals surface area contributed by atoms with E-state index in [1.807, 2.05) is 11.8 Å². The Bertz CT molecular complexity index is 124. The molecule has 8 heavy (non-hydrogen) atoms. The van der Waals surface area contributed by atoms with Crippen LogP contribution >= 0.6 is 24.4 Å². The molecule has 0 spiro atoms. The van der Waals surface area contributed by atoms with E-state index in [1.165, 1.54) is 4.91 Å². The molecule has 0 aromatic carbocycles. The van der Waals surface area contributed by atoms with Crippen LogP contribution in [0.1, 0.15) is 20.3 Å². The molecule has 46 valence electrons. The van der Waals surface area contributed by atoms with Crippen LogP contribution in [0.15, 0.2) is 11.0 Å². The van der Waals surface area contributed by atoms with Crippen LogP contribution in [0.5, 0.6) is 0 Å². The first-order chi connectivity index (χ1) is 3.60. The van der Waals surface area contributed by atoms with Crippen molar-refractivity contribution in [3.63, 3.8) is 0 Å². The fraction of sp³-hybridized carbons (Fsp3) is 0.667. The molecule has 0 saturated carbocycles. The topological polar surface area (TPSA) is 0 Å². The Labute approximate surface area is 60.1 Å². The van der Waals surface area contributed by atoms with Crippen molar-refractivity contribution in [1.29, 1.82) is 0 Å². The summed E-state index contributed by atoms with van der Waals surface area (Å²) in [6, 6.07) is 0. The first-order valence-electron chi connectivity index (χ1n) is 2.68. The first-order valence-corrected chi connectivity index (χ1v) is 3.95. The second-order valence-electron chi connectivity index (χ2n) is 2.30. The van der Waals surface area contributed by atoms with E-state index in [2.05, 4.69) is 32.6 Å². The quantitative estimate of drug-likeness (QED) is 0.513. The molecule has 0 aliphatic carbocycles. The van der Waals surface area contributed by atoms with Crippen molar-refractivity contribution in [3.05, 3.63) is 11.0 Å². The standard InChI is InChI=1S/C6H10S2/c1-5-3-4-6(2,7)8-5/h3,7H,4H2,1-2H3. The van der Waals surface area contributed by atoms with E-state index >= 15 is 0 Å². The van der Waals surface area contributed by atoms with Gasteiger partial charge in [-0.05, 0) is 25.2 Å². The summed E-state index contributed by atoms with van der Waals surface area (Å²) in [5.74, 6) is 0. The average Bonchev–Trinajstić information content (AvgIpc) is 1.82. The Kier molecular flexibility index (Phi) is 1.63. The number of hydrogen-bond acceptors (Lipinski definition) is 2.